The van der Waals surface area contributed by atoms with E-state index in [-0.39, 0.29) is 11.8 Å². The van der Waals surface area contributed by atoms with E-state index in [1.807, 2.05) is 13.1 Å². The van der Waals surface area contributed by atoms with Crippen LogP contribution in [0, 0.1) is 0 Å². The van der Waals surface area contributed by atoms with E-state index in [9.17, 15) is 8.42 Å². The molecular formula is C13H18N4O2S. The topological polar surface area (TPSA) is 87.7 Å². The lowest BCUT2D eigenvalue weighted by molar-refractivity contribution is 0.507. The molecule has 0 spiro atoms. The van der Waals surface area contributed by atoms with Crippen LogP contribution in [0.4, 0.5) is 0 Å². The molecule has 20 heavy (non-hydrogen) atoms. The number of aryl methyl sites for hydroxylation is 1. The molecule has 0 aliphatic heterocycles. The molecule has 0 fully saturated rings. The summed E-state index contributed by atoms with van der Waals surface area (Å²) in [6.45, 7) is 1.87. The predicted molar refractivity (Wildman–Crippen MR) is 76.9 cm³/mol. The number of nitrogens with zero attached hydrogens (tertiary/aromatic N) is 2. The number of rotatable bonds is 4. The smallest absolute Gasteiger partial charge is 0.211 e. The Kier molecular flexibility index (Phi) is 3.47. The summed E-state index contributed by atoms with van der Waals surface area (Å²) in [6, 6.07) is -0.0230. The molecule has 1 unspecified atom stereocenters. The van der Waals surface area contributed by atoms with Crippen molar-refractivity contribution in [3.8, 4) is 0 Å². The normalized spacial score (nSPS) is 19.1. The molecule has 2 N–H and O–H groups in total. The van der Waals surface area contributed by atoms with E-state index >= 15 is 0 Å². The molecule has 2 aromatic heterocycles. The van der Waals surface area contributed by atoms with Gasteiger partial charge in [-0.1, -0.05) is 6.92 Å². The van der Waals surface area contributed by atoms with Crippen molar-refractivity contribution in [2.24, 2.45) is 0 Å². The summed E-state index contributed by atoms with van der Waals surface area (Å²) >= 11 is 0. The molecule has 7 heteroatoms. The molecule has 0 radical (unpaired) electrons. The number of fused-ring (bicyclic) bond motifs is 3. The van der Waals surface area contributed by atoms with Crippen LogP contribution in [0.5, 0.6) is 0 Å². The molecule has 2 aromatic rings. The van der Waals surface area contributed by atoms with Gasteiger partial charge in [0.15, 0.2) is 5.65 Å². The van der Waals surface area contributed by atoms with Gasteiger partial charge < -0.3 is 0 Å². The van der Waals surface area contributed by atoms with Crippen LogP contribution in [0.25, 0.3) is 11.0 Å². The van der Waals surface area contributed by atoms with Crippen molar-refractivity contribution in [1.82, 2.24) is 19.9 Å². The van der Waals surface area contributed by atoms with Crippen LogP contribution < -0.4 is 4.72 Å². The minimum Gasteiger partial charge on any atom is -0.261 e. The zero-order valence-corrected chi connectivity index (χ0v) is 12.2. The highest BCUT2D eigenvalue weighted by Gasteiger charge is 2.24. The van der Waals surface area contributed by atoms with Gasteiger partial charge in [0.05, 0.1) is 11.9 Å². The molecular weight excluding hydrogens is 276 g/mol. The minimum atomic E-state index is -3.15. The zero-order chi connectivity index (χ0) is 14.2. The highest BCUT2D eigenvalue weighted by atomic mass is 32.2. The van der Waals surface area contributed by atoms with Gasteiger partial charge in [-0.05, 0) is 36.8 Å². The van der Waals surface area contributed by atoms with Crippen molar-refractivity contribution < 1.29 is 8.42 Å². The van der Waals surface area contributed by atoms with Crippen molar-refractivity contribution in [2.75, 3.05) is 5.75 Å². The number of pyridine rings is 1. The quantitative estimate of drug-likeness (QED) is 0.885. The second-order valence-electron chi connectivity index (χ2n) is 5.27. The lowest BCUT2D eigenvalue weighted by atomic mass is 9.88. The lowest BCUT2D eigenvalue weighted by Gasteiger charge is -2.25. The van der Waals surface area contributed by atoms with Crippen molar-refractivity contribution in [3.63, 3.8) is 0 Å². The SMILES string of the molecule is CCCS(=O)(=O)NC1CCc2c(cnc3[nH]ncc23)C1. The minimum absolute atomic E-state index is 0.0230. The van der Waals surface area contributed by atoms with E-state index in [1.165, 1.54) is 5.56 Å². The molecule has 0 bridgehead atoms. The summed E-state index contributed by atoms with van der Waals surface area (Å²) in [7, 11) is -3.15. The maximum Gasteiger partial charge on any atom is 0.211 e. The summed E-state index contributed by atoms with van der Waals surface area (Å²) in [6.07, 6.45) is 6.63. The van der Waals surface area contributed by atoms with Crippen LogP contribution in [0.1, 0.15) is 30.9 Å². The number of nitrogens with one attached hydrogen (secondary N) is 2. The Morgan fingerprint density at radius 2 is 2.30 bits per heavy atom. The molecule has 3 rings (SSSR count). The fourth-order valence-electron chi connectivity index (χ4n) is 2.83. The van der Waals surface area contributed by atoms with Crippen LogP contribution in [-0.4, -0.2) is 35.4 Å². The van der Waals surface area contributed by atoms with Crippen LogP contribution in [-0.2, 0) is 22.9 Å². The van der Waals surface area contributed by atoms with Gasteiger partial charge in [0, 0.05) is 17.6 Å². The molecule has 108 valence electrons. The van der Waals surface area contributed by atoms with Gasteiger partial charge in [-0.15, -0.1) is 0 Å². The van der Waals surface area contributed by atoms with Crippen molar-refractivity contribution in [2.45, 2.75) is 38.6 Å². The molecule has 0 saturated carbocycles. The van der Waals surface area contributed by atoms with Crippen LogP contribution in [0.2, 0.25) is 0 Å². The molecule has 2 heterocycles. The predicted octanol–water partition coefficient (Wildman–Crippen LogP) is 1.14. The van der Waals surface area contributed by atoms with Crippen molar-refractivity contribution in [3.05, 3.63) is 23.5 Å². The Hall–Kier alpha value is -1.47. The molecule has 1 aliphatic rings. The highest BCUT2D eigenvalue weighted by Crippen LogP contribution is 2.26. The second-order valence-corrected chi connectivity index (χ2v) is 7.14. The summed E-state index contributed by atoms with van der Waals surface area (Å²) in [5.41, 5.74) is 3.16. The average molecular weight is 294 g/mol. The van der Waals surface area contributed by atoms with Gasteiger partial charge in [0.1, 0.15) is 0 Å². The molecule has 1 aliphatic carbocycles. The number of H-pyrrole nitrogens is 1. The highest BCUT2D eigenvalue weighted by molar-refractivity contribution is 7.89. The molecule has 0 amide bonds. The van der Waals surface area contributed by atoms with E-state index in [1.54, 1.807) is 6.20 Å². The first-order chi connectivity index (χ1) is 9.59. The number of aromatic nitrogens is 3. The first-order valence-corrected chi connectivity index (χ1v) is 8.54. The maximum absolute atomic E-state index is 11.8. The van der Waals surface area contributed by atoms with Gasteiger partial charge in [-0.2, -0.15) is 5.10 Å². The van der Waals surface area contributed by atoms with E-state index < -0.39 is 10.0 Å². The third kappa shape index (κ3) is 2.55. The number of aromatic amines is 1. The maximum atomic E-state index is 11.8. The van der Waals surface area contributed by atoms with Gasteiger partial charge in [-0.3, -0.25) is 5.10 Å². The first-order valence-electron chi connectivity index (χ1n) is 6.89. The third-order valence-corrected chi connectivity index (χ3v) is 5.35. The Morgan fingerprint density at radius 1 is 1.45 bits per heavy atom. The number of sulfonamides is 1. The van der Waals surface area contributed by atoms with Gasteiger partial charge in [-0.25, -0.2) is 18.1 Å². The fraction of sp³-hybridized carbons (Fsp3) is 0.538. The molecule has 0 saturated heterocycles. The fourth-order valence-corrected chi connectivity index (χ4v) is 4.20. The summed E-state index contributed by atoms with van der Waals surface area (Å²) in [5, 5.41) is 7.93. The Morgan fingerprint density at radius 3 is 3.10 bits per heavy atom. The largest absolute Gasteiger partial charge is 0.261 e. The van der Waals surface area contributed by atoms with Gasteiger partial charge in [0.25, 0.3) is 0 Å². The molecule has 1 atom stereocenters. The van der Waals surface area contributed by atoms with Crippen LogP contribution >= 0.6 is 0 Å². The average Bonchev–Trinajstić information content (AvgIpc) is 2.86. The van der Waals surface area contributed by atoms with Crippen molar-refractivity contribution >= 4 is 21.1 Å². The summed E-state index contributed by atoms with van der Waals surface area (Å²) < 4.78 is 26.5. The van der Waals surface area contributed by atoms with Crippen LogP contribution in [0.3, 0.4) is 0 Å². The van der Waals surface area contributed by atoms with Crippen LogP contribution in [0.15, 0.2) is 12.4 Å². The first kappa shape index (κ1) is 13.5. The van der Waals surface area contributed by atoms with E-state index in [0.29, 0.717) is 12.8 Å². The van der Waals surface area contributed by atoms with Crippen molar-refractivity contribution in [1.29, 1.82) is 0 Å². The van der Waals surface area contributed by atoms with E-state index in [0.717, 1.165) is 29.4 Å². The Labute approximate surface area is 118 Å². The second kappa shape index (κ2) is 5.14. The lowest BCUT2D eigenvalue weighted by Crippen LogP contribution is -2.40. The van der Waals surface area contributed by atoms with Gasteiger partial charge in [0.2, 0.25) is 10.0 Å². The number of hydrogen-bond donors (Lipinski definition) is 2. The molecule has 6 nitrogen and oxygen atoms in total. The zero-order valence-electron chi connectivity index (χ0n) is 11.4. The Bertz CT molecular complexity index is 723. The van der Waals surface area contributed by atoms with E-state index in [2.05, 4.69) is 19.9 Å². The molecule has 0 aromatic carbocycles. The third-order valence-electron chi connectivity index (χ3n) is 3.71. The van der Waals surface area contributed by atoms with Gasteiger partial charge >= 0.3 is 0 Å². The van der Waals surface area contributed by atoms with E-state index in [4.69, 9.17) is 0 Å². The number of hydrogen-bond acceptors (Lipinski definition) is 4. The Balaban J connectivity index is 1.82. The summed E-state index contributed by atoms with van der Waals surface area (Å²) in [5.74, 6) is 0.190. The standard InChI is InChI=1S/C13H18N4O2S/c1-2-5-20(18,19)17-10-3-4-11-9(6-10)7-14-13-12(11)8-15-16-13/h7-8,10,17H,2-6H2,1H3,(H,14,15,16). The summed E-state index contributed by atoms with van der Waals surface area (Å²) in [4.78, 5) is 4.33. The monoisotopic (exact) mass is 294 g/mol.